The zero-order valence-corrected chi connectivity index (χ0v) is 20.7. The smallest absolute Gasteiger partial charge is 0.368 e. The number of rotatable bonds is 7. The van der Waals surface area contributed by atoms with Crippen molar-refractivity contribution >= 4 is 23.0 Å². The highest BCUT2D eigenvalue weighted by Gasteiger charge is 2.45. The summed E-state index contributed by atoms with van der Waals surface area (Å²) in [5.74, 6) is -0.901. The van der Waals surface area contributed by atoms with E-state index in [4.69, 9.17) is 18.6 Å². The van der Waals surface area contributed by atoms with Gasteiger partial charge in [-0.1, -0.05) is 6.07 Å². The first-order chi connectivity index (χ1) is 19.2. The lowest BCUT2D eigenvalue weighted by atomic mass is 10.1. The van der Waals surface area contributed by atoms with Gasteiger partial charge in [-0.25, -0.2) is 9.21 Å². The van der Waals surface area contributed by atoms with Crippen molar-refractivity contribution in [1.82, 2.24) is 0 Å². The predicted octanol–water partition coefficient (Wildman–Crippen LogP) is 3.29. The number of esters is 1. The van der Waals surface area contributed by atoms with Crippen LogP contribution in [0.3, 0.4) is 0 Å². The monoisotopic (exact) mass is 549 g/mol. The normalized spacial score (nSPS) is 20.6. The van der Waals surface area contributed by atoms with E-state index in [1.165, 1.54) is 48.5 Å². The number of aromatic hydroxyl groups is 4. The molecule has 11 heteroatoms. The fourth-order valence-corrected chi connectivity index (χ4v) is 4.12. The van der Waals surface area contributed by atoms with Gasteiger partial charge in [0.05, 0.1) is 11.6 Å². The van der Waals surface area contributed by atoms with E-state index in [1.54, 1.807) is 24.3 Å². The summed E-state index contributed by atoms with van der Waals surface area (Å²) in [6.45, 7) is -0.395. The van der Waals surface area contributed by atoms with E-state index < -0.39 is 37.2 Å². The summed E-state index contributed by atoms with van der Waals surface area (Å²) in [7, 11) is 0. The zero-order valence-electron chi connectivity index (χ0n) is 20.7. The van der Waals surface area contributed by atoms with Crippen molar-refractivity contribution in [3.8, 4) is 40.1 Å². The molecule has 0 aliphatic carbocycles. The second kappa shape index (κ2) is 11.1. The molecule has 6 N–H and O–H groups in total. The van der Waals surface area contributed by atoms with Gasteiger partial charge in [0.1, 0.15) is 47.6 Å². The highest BCUT2D eigenvalue weighted by molar-refractivity contribution is 5.87. The number of aliphatic hydroxyl groups excluding tert-OH is 2. The second-order valence-electron chi connectivity index (χ2n) is 9.06. The number of aliphatic hydroxyl groups is 2. The maximum Gasteiger partial charge on any atom is 0.368 e. The molecule has 5 rings (SSSR count). The summed E-state index contributed by atoms with van der Waals surface area (Å²) in [5.41, 5.74) is 1.40. The van der Waals surface area contributed by atoms with Crippen molar-refractivity contribution < 1.29 is 54.1 Å². The fourth-order valence-electron chi connectivity index (χ4n) is 4.12. The molecule has 0 saturated carbocycles. The summed E-state index contributed by atoms with van der Waals surface area (Å²) < 4.78 is 22.4. The summed E-state index contributed by atoms with van der Waals surface area (Å²) in [6, 6.07) is 16.4. The van der Waals surface area contributed by atoms with Crippen LogP contribution in [-0.4, -0.2) is 67.8 Å². The van der Waals surface area contributed by atoms with Gasteiger partial charge in [0.25, 0.3) is 0 Å². The van der Waals surface area contributed by atoms with Crippen LogP contribution in [0.5, 0.6) is 28.7 Å². The fraction of sp³-hybridized carbons (Fsp3) is 0.172. The van der Waals surface area contributed by atoms with Gasteiger partial charge in [-0.15, -0.1) is 0 Å². The lowest BCUT2D eigenvalue weighted by Crippen LogP contribution is -2.36. The maximum atomic E-state index is 12.1. The first-order valence-corrected chi connectivity index (χ1v) is 12.1. The Morgan fingerprint density at radius 1 is 0.875 bits per heavy atom. The Morgan fingerprint density at radius 2 is 1.65 bits per heavy atom. The molecule has 0 bridgehead atoms. The minimum atomic E-state index is -1.50. The second-order valence-corrected chi connectivity index (χ2v) is 9.06. The largest absolute Gasteiger partial charge is 0.508 e. The Kier molecular flexibility index (Phi) is 7.43. The number of hydrogen-bond acceptors (Lipinski definition) is 10. The van der Waals surface area contributed by atoms with Crippen molar-refractivity contribution in [2.45, 2.75) is 24.6 Å². The minimum Gasteiger partial charge on any atom is -0.508 e. The number of ether oxygens (including phenoxy) is 3. The molecule has 0 spiro atoms. The van der Waals surface area contributed by atoms with Gasteiger partial charge in [0.15, 0.2) is 11.5 Å². The van der Waals surface area contributed by atoms with Gasteiger partial charge in [0, 0.05) is 18.2 Å². The van der Waals surface area contributed by atoms with Crippen LogP contribution in [0.2, 0.25) is 0 Å². The summed E-state index contributed by atoms with van der Waals surface area (Å²) in [6.07, 6.45) is -2.94. The van der Waals surface area contributed by atoms with E-state index in [0.717, 1.165) is 6.08 Å². The number of benzene rings is 3. The van der Waals surface area contributed by atoms with E-state index in [0.29, 0.717) is 22.3 Å². The van der Waals surface area contributed by atoms with Crippen LogP contribution in [0.15, 0.2) is 77.2 Å². The number of carbonyl (C=O) groups is 1. The van der Waals surface area contributed by atoms with Crippen LogP contribution >= 0.6 is 0 Å². The minimum absolute atomic E-state index is 0.106. The van der Waals surface area contributed by atoms with Crippen LogP contribution in [-0.2, 0) is 14.3 Å². The van der Waals surface area contributed by atoms with Crippen molar-refractivity contribution in [2.75, 3.05) is 6.61 Å². The van der Waals surface area contributed by atoms with Crippen LogP contribution < -0.4 is 4.74 Å². The molecular weight excluding hydrogens is 524 g/mol. The quantitative estimate of drug-likeness (QED) is 0.0863. The van der Waals surface area contributed by atoms with Gasteiger partial charge in [0.2, 0.25) is 6.29 Å². The summed E-state index contributed by atoms with van der Waals surface area (Å²) in [4.78, 5) is 12.1. The number of phenolic OH excluding ortho intramolecular Hbond substituents is 4. The van der Waals surface area contributed by atoms with E-state index in [1.807, 2.05) is 0 Å². The van der Waals surface area contributed by atoms with Gasteiger partial charge in [-0.05, 0) is 54.1 Å². The molecular formula is C29H25O11+. The van der Waals surface area contributed by atoms with Crippen LogP contribution in [0, 0.1) is 0 Å². The average molecular weight is 550 g/mol. The number of fused-ring (bicyclic) bond motifs is 1. The lowest BCUT2D eigenvalue weighted by Gasteiger charge is -2.17. The third kappa shape index (κ3) is 5.76. The predicted molar refractivity (Wildman–Crippen MR) is 140 cm³/mol. The third-order valence-corrected chi connectivity index (χ3v) is 6.22. The topological polar surface area (TPSA) is 177 Å². The molecule has 4 atom stereocenters. The van der Waals surface area contributed by atoms with Crippen LogP contribution in [0.25, 0.3) is 28.4 Å². The Labute approximate surface area is 227 Å². The molecule has 206 valence electrons. The molecule has 4 aromatic rings. The maximum absolute atomic E-state index is 12.1. The zero-order chi connectivity index (χ0) is 28.4. The number of carbonyl (C=O) groups excluding carboxylic acids is 1. The van der Waals surface area contributed by atoms with E-state index in [-0.39, 0.29) is 34.3 Å². The van der Waals surface area contributed by atoms with Gasteiger partial charge in [-0.3, -0.25) is 0 Å². The highest BCUT2D eigenvalue weighted by Crippen LogP contribution is 2.36. The molecule has 40 heavy (non-hydrogen) atoms. The molecule has 1 fully saturated rings. The Bertz CT molecular complexity index is 1560. The molecule has 0 amide bonds. The Morgan fingerprint density at radius 3 is 2.40 bits per heavy atom. The van der Waals surface area contributed by atoms with E-state index in [9.17, 15) is 35.4 Å². The van der Waals surface area contributed by atoms with Crippen molar-refractivity contribution in [3.05, 3.63) is 78.4 Å². The first-order valence-electron chi connectivity index (χ1n) is 12.1. The van der Waals surface area contributed by atoms with Crippen molar-refractivity contribution in [3.63, 3.8) is 0 Å². The Balaban J connectivity index is 1.25. The molecule has 1 saturated heterocycles. The molecule has 3 aromatic carbocycles. The number of hydrogen-bond donors (Lipinski definition) is 6. The molecule has 11 nitrogen and oxygen atoms in total. The molecule has 2 heterocycles. The molecule has 1 aliphatic heterocycles. The standard InChI is InChI=1S/C29H24O11/c30-17-5-3-16(4-6-17)22-9-7-19-23(38-22)12-18(31)13-24(19)39-29-28(36)27(35)25(40-29)14-37-26(34)10-2-15-1-8-20(32)21(33)11-15/h1-13,25,27-29,35-36H,14H2,(H3-,30,31,32,33,34)/p+1/t25-,27-,28+,29+/m0/s1. The van der Waals surface area contributed by atoms with Crippen LogP contribution in [0.1, 0.15) is 5.56 Å². The van der Waals surface area contributed by atoms with Crippen LogP contribution in [0.4, 0.5) is 0 Å². The SMILES string of the molecule is O=C(/C=C/c1ccc(O)c(O)c1)OC[C@@H]1O[C@@H](Oc2cc(O)cc3[o+]c(-c4ccc(O)cc4)ccc23)[C@H](O)[C@H]1O. The van der Waals surface area contributed by atoms with Crippen molar-refractivity contribution in [2.24, 2.45) is 0 Å². The van der Waals surface area contributed by atoms with E-state index in [2.05, 4.69) is 0 Å². The first kappa shape index (κ1) is 26.8. The van der Waals surface area contributed by atoms with Crippen molar-refractivity contribution in [1.29, 1.82) is 0 Å². The summed E-state index contributed by atoms with van der Waals surface area (Å²) >= 11 is 0. The molecule has 0 radical (unpaired) electrons. The molecule has 1 aliphatic rings. The average Bonchev–Trinajstić information content (AvgIpc) is 3.20. The van der Waals surface area contributed by atoms with Gasteiger partial charge >= 0.3 is 17.3 Å². The molecule has 1 aromatic heterocycles. The van der Waals surface area contributed by atoms with Gasteiger partial charge < -0.3 is 44.8 Å². The molecule has 0 unspecified atom stereocenters. The third-order valence-electron chi connectivity index (χ3n) is 6.22. The highest BCUT2D eigenvalue weighted by atomic mass is 16.7. The van der Waals surface area contributed by atoms with Gasteiger partial charge in [-0.2, -0.15) is 0 Å². The van der Waals surface area contributed by atoms with E-state index >= 15 is 0 Å². The Hall–Kier alpha value is -4.84. The lowest BCUT2D eigenvalue weighted by molar-refractivity contribution is -0.148. The number of phenols is 4. The summed E-state index contributed by atoms with van der Waals surface area (Å²) in [5, 5.41) is 60.0.